The number of unbranched alkanes of at least 4 members (excludes halogenated alkanes) is 21. The van der Waals surface area contributed by atoms with Gasteiger partial charge in [0, 0.05) is 0 Å². The van der Waals surface area contributed by atoms with Gasteiger partial charge >= 0.3 is 7.82 Å². The first kappa shape index (κ1) is 56.5. The number of carbonyl (C=O) groups is 1. The van der Waals surface area contributed by atoms with Crippen molar-refractivity contribution in [2.45, 2.75) is 242 Å². The molecule has 0 heterocycles. The molecule has 0 bridgehead atoms. The molecular formula is C46H86NO12P. The molecule has 0 spiro atoms. The molecule has 0 aromatic carbocycles. The van der Waals surface area contributed by atoms with Crippen molar-refractivity contribution in [1.82, 2.24) is 5.32 Å². The average Bonchev–Trinajstić information content (AvgIpc) is 3.22. The van der Waals surface area contributed by atoms with Crippen molar-refractivity contribution < 1.29 is 59.0 Å². The molecule has 0 aromatic heterocycles. The van der Waals surface area contributed by atoms with Gasteiger partial charge < -0.3 is 46.0 Å². The second kappa shape index (κ2) is 35.9. The Morgan fingerprint density at radius 2 is 1.02 bits per heavy atom. The molecular weight excluding hydrogens is 789 g/mol. The molecule has 8 atom stereocenters. The predicted molar refractivity (Wildman–Crippen MR) is 238 cm³/mol. The van der Waals surface area contributed by atoms with E-state index >= 15 is 0 Å². The fraction of sp³-hybridized carbons (Fsp3) is 0.848. The van der Waals surface area contributed by atoms with Gasteiger partial charge in [-0.3, -0.25) is 13.8 Å². The van der Waals surface area contributed by atoms with E-state index in [0.29, 0.717) is 12.8 Å². The molecule has 8 unspecified atom stereocenters. The van der Waals surface area contributed by atoms with E-state index in [-0.39, 0.29) is 6.42 Å². The molecule has 1 fully saturated rings. The first-order chi connectivity index (χ1) is 28.8. The summed E-state index contributed by atoms with van der Waals surface area (Å²) in [5.41, 5.74) is 0. The smallest absolute Gasteiger partial charge is 0.393 e. The number of rotatable bonds is 38. The number of carbonyl (C=O) groups excluding carboxylic acids is 1. The first-order valence-corrected chi connectivity index (χ1v) is 25.0. The number of nitrogens with one attached hydrogen (secondary N) is 1. The number of phosphoric acid groups is 1. The number of phosphoric ester groups is 1. The van der Waals surface area contributed by atoms with Crippen LogP contribution in [0.3, 0.4) is 0 Å². The predicted octanol–water partition coefficient (Wildman–Crippen LogP) is 7.75. The van der Waals surface area contributed by atoms with Gasteiger partial charge in [0.1, 0.15) is 36.6 Å². The Morgan fingerprint density at radius 1 is 0.600 bits per heavy atom. The maximum Gasteiger partial charge on any atom is 0.472 e. The number of hydrogen-bond acceptors (Lipinski definition) is 11. The highest BCUT2D eigenvalue weighted by Crippen LogP contribution is 2.47. The van der Waals surface area contributed by atoms with Crippen molar-refractivity contribution in [3.05, 3.63) is 36.5 Å². The van der Waals surface area contributed by atoms with Gasteiger partial charge in [0.25, 0.3) is 0 Å². The summed E-state index contributed by atoms with van der Waals surface area (Å²) in [7, 11) is -5.14. The summed E-state index contributed by atoms with van der Waals surface area (Å²) in [4.78, 5) is 23.4. The zero-order chi connectivity index (χ0) is 44.4. The van der Waals surface area contributed by atoms with Crippen LogP contribution in [0.15, 0.2) is 36.5 Å². The molecule has 1 amide bonds. The molecule has 0 saturated heterocycles. The number of hydrogen-bond donors (Lipinski definition) is 9. The van der Waals surface area contributed by atoms with E-state index in [2.05, 4.69) is 43.5 Å². The van der Waals surface area contributed by atoms with Crippen molar-refractivity contribution in [3.63, 3.8) is 0 Å². The summed E-state index contributed by atoms with van der Waals surface area (Å²) in [6.45, 7) is 3.70. The standard InChI is InChI=1S/C46H86NO12P/c1-3-5-7-9-11-13-15-17-19-21-23-25-27-29-31-33-37(48)35-40(50)47-38(36-58-60(56,57)59-46-44(54)42(52)41(51)43(53)45(46)55)39(49)34-32-30-28-26-24-22-20-18-16-14-12-10-8-6-4-2/h11,13,17,19,32,34,37-39,41-46,48-49,51-55H,3-10,12,14-16,18,20-31,33,35-36H2,1-2H3,(H,47,50)(H,56,57)/b13-11-,19-17-,34-32+. The van der Waals surface area contributed by atoms with Gasteiger partial charge in [0.15, 0.2) is 0 Å². The molecule has 1 aliphatic carbocycles. The Kier molecular flexibility index (Phi) is 33.8. The summed E-state index contributed by atoms with van der Waals surface area (Å²) in [6, 6.07) is -1.24. The van der Waals surface area contributed by atoms with Crippen molar-refractivity contribution in [2.75, 3.05) is 6.61 Å². The molecule has 0 aliphatic heterocycles. The number of allylic oxidation sites excluding steroid dienone is 5. The Hall–Kier alpha value is -1.48. The lowest BCUT2D eigenvalue weighted by atomic mass is 9.85. The van der Waals surface area contributed by atoms with Crippen LogP contribution in [0.25, 0.3) is 0 Å². The molecule has 60 heavy (non-hydrogen) atoms. The highest BCUT2D eigenvalue weighted by molar-refractivity contribution is 7.47. The normalized spacial score (nSPS) is 23.7. The minimum atomic E-state index is -5.14. The Bertz CT molecular complexity index is 1170. The van der Waals surface area contributed by atoms with E-state index in [0.717, 1.165) is 70.6 Å². The molecule has 352 valence electrons. The third kappa shape index (κ3) is 27.6. The monoisotopic (exact) mass is 876 g/mol. The van der Waals surface area contributed by atoms with Gasteiger partial charge in [-0.05, 0) is 51.4 Å². The molecule has 9 N–H and O–H groups in total. The van der Waals surface area contributed by atoms with Crippen molar-refractivity contribution in [2.24, 2.45) is 0 Å². The second-order valence-corrected chi connectivity index (χ2v) is 18.2. The van der Waals surface area contributed by atoms with E-state index in [9.17, 15) is 50.0 Å². The lowest BCUT2D eigenvalue weighted by Crippen LogP contribution is -2.64. The third-order valence-electron chi connectivity index (χ3n) is 11.2. The SMILES string of the molecule is CCCCC/C=C\C/C=C\CCCCCCCC(O)CC(=O)NC(COP(=O)(O)OC1C(O)C(O)C(O)C(O)C1O)C(O)/C=C/CCCCCCCCCCCCCCC. The van der Waals surface area contributed by atoms with Crippen molar-refractivity contribution in [3.8, 4) is 0 Å². The zero-order valence-electron chi connectivity index (χ0n) is 37.1. The molecule has 14 heteroatoms. The molecule has 1 rings (SSSR count). The van der Waals surface area contributed by atoms with Gasteiger partial charge in [-0.15, -0.1) is 0 Å². The minimum Gasteiger partial charge on any atom is -0.393 e. The van der Waals surface area contributed by atoms with Crippen molar-refractivity contribution in [1.29, 1.82) is 0 Å². The van der Waals surface area contributed by atoms with Crippen LogP contribution in [-0.4, -0.2) is 108 Å². The molecule has 0 radical (unpaired) electrons. The number of aliphatic hydroxyl groups excluding tert-OH is 7. The van der Waals surface area contributed by atoms with Crippen LogP contribution in [0.4, 0.5) is 0 Å². The lowest BCUT2D eigenvalue weighted by molar-refractivity contribution is -0.220. The van der Waals surface area contributed by atoms with Crippen molar-refractivity contribution >= 4 is 13.7 Å². The van der Waals surface area contributed by atoms with Crippen LogP contribution in [0.2, 0.25) is 0 Å². The van der Waals surface area contributed by atoms with Crippen LogP contribution < -0.4 is 5.32 Å². The fourth-order valence-corrected chi connectivity index (χ4v) is 8.30. The van der Waals surface area contributed by atoms with Crippen LogP contribution in [0, 0.1) is 0 Å². The van der Waals surface area contributed by atoms with E-state index in [1.54, 1.807) is 6.08 Å². The average molecular weight is 876 g/mol. The molecule has 13 nitrogen and oxygen atoms in total. The highest BCUT2D eigenvalue weighted by atomic mass is 31.2. The minimum absolute atomic E-state index is 0.254. The maximum absolute atomic E-state index is 13.0. The highest BCUT2D eigenvalue weighted by Gasteiger charge is 2.51. The van der Waals surface area contributed by atoms with Gasteiger partial charge in [-0.1, -0.05) is 166 Å². The Balaban J connectivity index is 2.57. The number of aliphatic hydroxyl groups is 7. The summed E-state index contributed by atoms with van der Waals surface area (Å²) >= 11 is 0. The quantitative estimate of drug-likeness (QED) is 0.0165. The van der Waals surface area contributed by atoms with Gasteiger partial charge in [0.05, 0.1) is 31.3 Å². The topological polar surface area (TPSA) is 226 Å². The van der Waals surface area contributed by atoms with Crippen LogP contribution >= 0.6 is 7.82 Å². The van der Waals surface area contributed by atoms with E-state index in [1.807, 2.05) is 0 Å². The van der Waals surface area contributed by atoms with Crippen LogP contribution in [-0.2, 0) is 18.4 Å². The summed E-state index contributed by atoms with van der Waals surface area (Å²) < 4.78 is 22.9. The summed E-state index contributed by atoms with van der Waals surface area (Å²) in [6.07, 6.45) is 26.5. The van der Waals surface area contributed by atoms with Crippen LogP contribution in [0.5, 0.6) is 0 Å². The molecule has 0 aromatic rings. The first-order valence-electron chi connectivity index (χ1n) is 23.5. The van der Waals surface area contributed by atoms with Crippen LogP contribution in [0.1, 0.15) is 187 Å². The van der Waals surface area contributed by atoms with Gasteiger partial charge in [-0.2, -0.15) is 0 Å². The Morgan fingerprint density at radius 3 is 1.53 bits per heavy atom. The van der Waals surface area contributed by atoms with E-state index in [4.69, 9.17) is 9.05 Å². The van der Waals surface area contributed by atoms with E-state index in [1.165, 1.54) is 89.5 Å². The van der Waals surface area contributed by atoms with Gasteiger partial charge in [-0.25, -0.2) is 4.57 Å². The third-order valence-corrected chi connectivity index (χ3v) is 12.2. The second-order valence-electron chi connectivity index (χ2n) is 16.8. The molecule has 1 aliphatic rings. The zero-order valence-corrected chi connectivity index (χ0v) is 38.0. The summed E-state index contributed by atoms with van der Waals surface area (Å²) in [5.74, 6) is -0.602. The summed E-state index contributed by atoms with van der Waals surface area (Å²) in [5, 5.41) is 74.4. The van der Waals surface area contributed by atoms with Gasteiger partial charge in [0.2, 0.25) is 5.91 Å². The largest absolute Gasteiger partial charge is 0.472 e. The lowest BCUT2D eigenvalue weighted by Gasteiger charge is -2.41. The molecule has 1 saturated carbocycles. The maximum atomic E-state index is 13.0. The Labute approximate surface area is 362 Å². The van der Waals surface area contributed by atoms with E-state index < -0.39 is 75.2 Å². The number of amides is 1. The fourth-order valence-electron chi connectivity index (χ4n) is 7.33.